The summed E-state index contributed by atoms with van der Waals surface area (Å²) in [6.45, 7) is 4.62. The third-order valence-electron chi connectivity index (χ3n) is 2.66. The van der Waals surface area contributed by atoms with Crippen LogP contribution >= 0.6 is 11.8 Å². The zero-order valence-corrected chi connectivity index (χ0v) is 12.6. The Hall–Kier alpha value is -1.75. The molecular weight excluding hydrogens is 270 g/mol. The van der Waals surface area contributed by atoms with Crippen molar-refractivity contribution in [3.8, 4) is 5.75 Å². The number of anilines is 1. The number of nitrogens with zero attached hydrogens (tertiary/aromatic N) is 2. The first-order valence-corrected chi connectivity index (χ1v) is 7.56. The van der Waals surface area contributed by atoms with E-state index in [1.807, 2.05) is 44.2 Å². The van der Waals surface area contributed by atoms with Crippen LogP contribution in [0.15, 0.2) is 35.5 Å². The maximum absolute atomic E-state index is 5.81. The molecule has 106 valence electrons. The lowest BCUT2D eigenvalue weighted by molar-refractivity contribution is 0.320. The maximum atomic E-state index is 5.81. The maximum Gasteiger partial charge on any atom is 0.187 e. The number of thioether (sulfide) groups is 1. The number of ether oxygens (including phenoxy) is 1. The number of para-hydroxylation sites is 2. The van der Waals surface area contributed by atoms with E-state index in [1.54, 1.807) is 11.8 Å². The number of nitrogen functional groups attached to an aromatic ring is 1. The van der Waals surface area contributed by atoms with E-state index in [0.717, 1.165) is 34.5 Å². The van der Waals surface area contributed by atoms with Crippen LogP contribution < -0.4 is 10.5 Å². The molecule has 2 N–H and O–H groups in total. The van der Waals surface area contributed by atoms with Crippen molar-refractivity contribution in [3.05, 3.63) is 41.7 Å². The van der Waals surface area contributed by atoms with E-state index in [4.69, 9.17) is 10.5 Å². The van der Waals surface area contributed by atoms with Gasteiger partial charge in [0.1, 0.15) is 5.75 Å². The summed E-state index contributed by atoms with van der Waals surface area (Å²) < 4.78 is 5.64. The van der Waals surface area contributed by atoms with Crippen LogP contribution in [-0.2, 0) is 0 Å². The third kappa shape index (κ3) is 4.42. The monoisotopic (exact) mass is 289 g/mol. The van der Waals surface area contributed by atoms with Gasteiger partial charge in [0.05, 0.1) is 12.3 Å². The van der Waals surface area contributed by atoms with E-state index in [9.17, 15) is 0 Å². The topological polar surface area (TPSA) is 61.0 Å². The highest BCUT2D eigenvalue weighted by Gasteiger charge is 2.01. The molecule has 0 aliphatic carbocycles. The van der Waals surface area contributed by atoms with E-state index >= 15 is 0 Å². The van der Waals surface area contributed by atoms with Crippen molar-refractivity contribution in [3.63, 3.8) is 0 Å². The molecule has 0 unspecified atom stereocenters. The normalized spacial score (nSPS) is 10.5. The second-order valence-corrected chi connectivity index (χ2v) is 5.58. The molecule has 0 bridgehead atoms. The Morgan fingerprint density at radius 2 is 1.85 bits per heavy atom. The number of benzene rings is 1. The summed E-state index contributed by atoms with van der Waals surface area (Å²) in [5.41, 5.74) is 8.50. The lowest BCUT2D eigenvalue weighted by Gasteiger charge is -2.08. The molecule has 2 rings (SSSR count). The van der Waals surface area contributed by atoms with Crippen molar-refractivity contribution in [2.24, 2.45) is 0 Å². The Bertz CT molecular complexity index is 555. The van der Waals surface area contributed by atoms with Gasteiger partial charge < -0.3 is 10.5 Å². The van der Waals surface area contributed by atoms with Gasteiger partial charge >= 0.3 is 0 Å². The Labute approximate surface area is 123 Å². The molecular formula is C15H19N3OS. The largest absolute Gasteiger partial charge is 0.491 e. The smallest absolute Gasteiger partial charge is 0.187 e. The average molecular weight is 289 g/mol. The van der Waals surface area contributed by atoms with Crippen molar-refractivity contribution in [2.75, 3.05) is 18.1 Å². The molecule has 0 saturated carbocycles. The molecule has 4 nitrogen and oxygen atoms in total. The summed E-state index contributed by atoms with van der Waals surface area (Å²) in [6.07, 6.45) is 0.926. The number of nitrogens with two attached hydrogens (primary N) is 1. The summed E-state index contributed by atoms with van der Waals surface area (Å²) in [4.78, 5) is 8.79. The first-order valence-electron chi connectivity index (χ1n) is 6.57. The first-order chi connectivity index (χ1) is 9.65. The summed E-state index contributed by atoms with van der Waals surface area (Å²) in [5, 5.41) is 0.835. The molecule has 20 heavy (non-hydrogen) atoms. The summed E-state index contributed by atoms with van der Waals surface area (Å²) >= 11 is 1.65. The van der Waals surface area contributed by atoms with Crippen LogP contribution in [0.25, 0.3) is 0 Å². The minimum absolute atomic E-state index is 0.645. The van der Waals surface area contributed by atoms with Crippen molar-refractivity contribution in [1.29, 1.82) is 0 Å². The Morgan fingerprint density at radius 1 is 1.15 bits per heavy atom. The summed E-state index contributed by atoms with van der Waals surface area (Å²) in [5.74, 6) is 1.68. The molecule has 0 amide bonds. The molecule has 0 aliphatic heterocycles. The van der Waals surface area contributed by atoms with Crippen molar-refractivity contribution < 1.29 is 4.74 Å². The SMILES string of the molecule is Cc1cc(C)nc(SCCCOc2ccccc2N)n1. The van der Waals surface area contributed by atoms with E-state index in [-0.39, 0.29) is 0 Å². The molecule has 1 aromatic carbocycles. The van der Waals surface area contributed by atoms with Crippen LogP contribution in [0.3, 0.4) is 0 Å². The van der Waals surface area contributed by atoms with Gasteiger partial charge in [-0.1, -0.05) is 23.9 Å². The van der Waals surface area contributed by atoms with Gasteiger partial charge in [0, 0.05) is 17.1 Å². The Kier molecular flexibility index (Phi) is 5.24. The van der Waals surface area contributed by atoms with Crippen LogP contribution in [0.2, 0.25) is 0 Å². The zero-order chi connectivity index (χ0) is 14.4. The van der Waals surface area contributed by atoms with E-state index in [0.29, 0.717) is 12.3 Å². The van der Waals surface area contributed by atoms with E-state index < -0.39 is 0 Å². The molecule has 1 heterocycles. The van der Waals surface area contributed by atoms with Crippen LogP contribution in [0.5, 0.6) is 5.75 Å². The zero-order valence-electron chi connectivity index (χ0n) is 11.8. The van der Waals surface area contributed by atoms with Gasteiger partial charge in [-0.25, -0.2) is 9.97 Å². The molecule has 0 radical (unpaired) electrons. The van der Waals surface area contributed by atoms with Gasteiger partial charge in [-0.15, -0.1) is 0 Å². The lowest BCUT2D eigenvalue weighted by atomic mass is 10.3. The molecule has 0 fully saturated rings. The standard InChI is InChI=1S/C15H19N3OS/c1-11-10-12(2)18-15(17-11)20-9-5-8-19-14-7-4-3-6-13(14)16/h3-4,6-7,10H,5,8-9,16H2,1-2H3. The molecule has 2 aromatic rings. The minimum atomic E-state index is 0.645. The van der Waals surface area contributed by atoms with Crippen LogP contribution in [0.4, 0.5) is 5.69 Å². The fourth-order valence-electron chi connectivity index (χ4n) is 1.77. The number of aryl methyl sites for hydroxylation is 2. The summed E-state index contributed by atoms with van der Waals surface area (Å²) in [6, 6.07) is 9.52. The van der Waals surface area contributed by atoms with Crippen LogP contribution in [0.1, 0.15) is 17.8 Å². The van der Waals surface area contributed by atoms with Gasteiger partial charge in [0.25, 0.3) is 0 Å². The first kappa shape index (κ1) is 14.7. The van der Waals surface area contributed by atoms with Gasteiger partial charge in [-0.2, -0.15) is 0 Å². The van der Waals surface area contributed by atoms with Crippen LogP contribution in [0, 0.1) is 13.8 Å². The molecule has 0 atom stereocenters. The number of hydrogen-bond donors (Lipinski definition) is 1. The van der Waals surface area contributed by atoms with E-state index in [2.05, 4.69) is 9.97 Å². The Morgan fingerprint density at radius 3 is 2.55 bits per heavy atom. The highest BCUT2D eigenvalue weighted by atomic mass is 32.2. The van der Waals surface area contributed by atoms with Crippen molar-refractivity contribution >= 4 is 17.4 Å². The fraction of sp³-hybridized carbons (Fsp3) is 0.333. The number of rotatable bonds is 6. The third-order valence-corrected chi connectivity index (χ3v) is 3.59. The lowest BCUT2D eigenvalue weighted by Crippen LogP contribution is -2.01. The fourth-order valence-corrected chi connectivity index (χ4v) is 2.64. The molecule has 0 aliphatic rings. The van der Waals surface area contributed by atoms with Crippen molar-refractivity contribution in [2.45, 2.75) is 25.4 Å². The second-order valence-electron chi connectivity index (χ2n) is 4.52. The van der Waals surface area contributed by atoms with Gasteiger partial charge in [-0.05, 0) is 38.5 Å². The predicted molar refractivity (Wildman–Crippen MR) is 83.2 cm³/mol. The number of aromatic nitrogens is 2. The highest BCUT2D eigenvalue weighted by molar-refractivity contribution is 7.99. The molecule has 1 aromatic heterocycles. The van der Waals surface area contributed by atoms with Gasteiger partial charge in [-0.3, -0.25) is 0 Å². The minimum Gasteiger partial charge on any atom is -0.491 e. The van der Waals surface area contributed by atoms with E-state index in [1.165, 1.54) is 0 Å². The van der Waals surface area contributed by atoms with Crippen molar-refractivity contribution in [1.82, 2.24) is 9.97 Å². The quantitative estimate of drug-likeness (QED) is 0.383. The highest BCUT2D eigenvalue weighted by Crippen LogP contribution is 2.20. The average Bonchev–Trinajstić information content (AvgIpc) is 2.39. The summed E-state index contributed by atoms with van der Waals surface area (Å²) in [7, 11) is 0. The molecule has 5 heteroatoms. The molecule has 0 spiro atoms. The molecule has 0 saturated heterocycles. The van der Waals surface area contributed by atoms with Gasteiger partial charge in [0.2, 0.25) is 0 Å². The van der Waals surface area contributed by atoms with Crippen LogP contribution in [-0.4, -0.2) is 22.3 Å². The van der Waals surface area contributed by atoms with Gasteiger partial charge in [0.15, 0.2) is 5.16 Å². The Balaban J connectivity index is 1.73. The number of hydrogen-bond acceptors (Lipinski definition) is 5. The predicted octanol–water partition coefficient (Wildman–Crippen LogP) is 3.24. The second kappa shape index (κ2) is 7.14.